The first-order valence-corrected chi connectivity index (χ1v) is 7.31. The Hall–Kier alpha value is -0.620. The summed E-state index contributed by atoms with van der Waals surface area (Å²) in [5.41, 5.74) is -0.592. The number of hydrogen-bond donors (Lipinski definition) is 1. The molecule has 1 aromatic rings. The van der Waals surface area contributed by atoms with Gasteiger partial charge >= 0.3 is 0 Å². The first kappa shape index (κ1) is 15.4. The standard InChI is InChI=1S/C11H13Cl2NO3S/c1-11(2,3)10(15)6-4-9(18(14,16)17)8(13)5-7(6)12/h4-5H,1-3H3,(H2,14,16,17). The van der Waals surface area contributed by atoms with E-state index < -0.39 is 15.4 Å². The van der Waals surface area contributed by atoms with Crippen molar-refractivity contribution in [3.05, 3.63) is 27.7 Å². The maximum atomic E-state index is 12.1. The zero-order chi connectivity index (χ0) is 14.3. The van der Waals surface area contributed by atoms with Crippen LogP contribution in [0.1, 0.15) is 31.1 Å². The van der Waals surface area contributed by atoms with Crippen molar-refractivity contribution in [1.82, 2.24) is 0 Å². The lowest BCUT2D eigenvalue weighted by molar-refractivity contribution is 0.0858. The van der Waals surface area contributed by atoms with Gasteiger partial charge in [-0.25, -0.2) is 13.6 Å². The Kier molecular flexibility index (Phi) is 4.13. The minimum atomic E-state index is -3.99. The van der Waals surface area contributed by atoms with Gasteiger partial charge in [-0.05, 0) is 12.1 Å². The highest BCUT2D eigenvalue weighted by Crippen LogP contribution is 2.32. The third-order valence-corrected chi connectivity index (χ3v) is 3.94. The average molecular weight is 310 g/mol. The molecular formula is C11H13Cl2NO3S. The molecule has 2 N–H and O–H groups in total. The number of nitrogens with two attached hydrogens (primary N) is 1. The van der Waals surface area contributed by atoms with Gasteiger partial charge in [0.25, 0.3) is 0 Å². The molecule has 7 heteroatoms. The highest BCUT2D eigenvalue weighted by molar-refractivity contribution is 7.89. The van der Waals surface area contributed by atoms with E-state index in [1.807, 2.05) is 0 Å². The molecule has 18 heavy (non-hydrogen) atoms. The lowest BCUT2D eigenvalue weighted by Crippen LogP contribution is -2.22. The molecule has 0 radical (unpaired) electrons. The summed E-state index contributed by atoms with van der Waals surface area (Å²) >= 11 is 11.7. The molecule has 1 rings (SSSR count). The van der Waals surface area contributed by atoms with Gasteiger partial charge in [-0.2, -0.15) is 0 Å². The van der Waals surface area contributed by atoms with E-state index in [0.29, 0.717) is 0 Å². The van der Waals surface area contributed by atoms with Crippen LogP contribution >= 0.6 is 23.2 Å². The monoisotopic (exact) mass is 309 g/mol. The maximum Gasteiger partial charge on any atom is 0.239 e. The normalized spacial score (nSPS) is 12.6. The maximum absolute atomic E-state index is 12.1. The van der Waals surface area contributed by atoms with E-state index in [-0.39, 0.29) is 26.3 Å². The van der Waals surface area contributed by atoms with Crippen molar-refractivity contribution in [3.63, 3.8) is 0 Å². The second kappa shape index (κ2) is 4.81. The van der Waals surface area contributed by atoms with Crippen LogP contribution in [0, 0.1) is 5.41 Å². The van der Waals surface area contributed by atoms with Crippen molar-refractivity contribution in [2.24, 2.45) is 10.6 Å². The lowest BCUT2D eigenvalue weighted by atomic mass is 9.86. The number of benzene rings is 1. The Morgan fingerprint density at radius 1 is 1.17 bits per heavy atom. The topological polar surface area (TPSA) is 77.2 Å². The van der Waals surface area contributed by atoms with Crippen LogP contribution in [0.5, 0.6) is 0 Å². The minimum Gasteiger partial charge on any atom is -0.294 e. The number of carbonyl (C=O) groups excluding carboxylic acids is 1. The van der Waals surface area contributed by atoms with Crippen LogP contribution in [0.15, 0.2) is 17.0 Å². The first-order chi connectivity index (χ1) is 7.94. The van der Waals surface area contributed by atoms with Gasteiger partial charge < -0.3 is 0 Å². The van der Waals surface area contributed by atoms with Gasteiger partial charge in [0.1, 0.15) is 4.90 Å². The summed E-state index contributed by atoms with van der Waals surface area (Å²) in [5.74, 6) is -0.283. The van der Waals surface area contributed by atoms with Gasteiger partial charge in [-0.3, -0.25) is 4.79 Å². The zero-order valence-corrected chi connectivity index (χ0v) is 12.4. The van der Waals surface area contributed by atoms with Crippen molar-refractivity contribution >= 4 is 39.0 Å². The average Bonchev–Trinajstić information content (AvgIpc) is 2.13. The Balaban J connectivity index is 3.54. The molecule has 100 valence electrons. The largest absolute Gasteiger partial charge is 0.294 e. The van der Waals surface area contributed by atoms with Gasteiger partial charge in [0.15, 0.2) is 5.78 Å². The van der Waals surface area contributed by atoms with E-state index in [9.17, 15) is 13.2 Å². The molecule has 0 amide bonds. The van der Waals surface area contributed by atoms with Gasteiger partial charge in [0.2, 0.25) is 10.0 Å². The number of sulfonamides is 1. The number of carbonyl (C=O) groups is 1. The van der Waals surface area contributed by atoms with E-state index >= 15 is 0 Å². The number of rotatable bonds is 2. The molecule has 0 atom stereocenters. The second-order valence-corrected chi connectivity index (χ2v) is 7.23. The quantitative estimate of drug-likeness (QED) is 0.853. The Bertz CT molecular complexity index is 603. The highest BCUT2D eigenvalue weighted by Gasteiger charge is 2.27. The van der Waals surface area contributed by atoms with E-state index in [1.54, 1.807) is 20.8 Å². The van der Waals surface area contributed by atoms with Crippen LogP contribution in [0.3, 0.4) is 0 Å². The SMILES string of the molecule is CC(C)(C)C(=O)c1cc(S(N)(=O)=O)c(Cl)cc1Cl. The van der Waals surface area contributed by atoms with Gasteiger partial charge in [-0.1, -0.05) is 44.0 Å². The molecule has 0 aliphatic rings. The molecule has 0 bridgehead atoms. The Morgan fingerprint density at radius 2 is 1.67 bits per heavy atom. The third-order valence-electron chi connectivity index (χ3n) is 2.25. The van der Waals surface area contributed by atoms with Crippen molar-refractivity contribution in [3.8, 4) is 0 Å². The molecule has 0 fully saturated rings. The molecule has 0 aliphatic heterocycles. The van der Waals surface area contributed by atoms with Crippen LogP contribution < -0.4 is 5.14 Å². The molecule has 0 aliphatic carbocycles. The summed E-state index contributed by atoms with van der Waals surface area (Å²) in [5, 5.41) is 5.02. The van der Waals surface area contributed by atoms with Crippen molar-refractivity contribution in [1.29, 1.82) is 0 Å². The summed E-state index contributed by atoms with van der Waals surface area (Å²) in [6.45, 7) is 5.12. The number of primary sulfonamides is 1. The molecular weight excluding hydrogens is 297 g/mol. The van der Waals surface area contributed by atoms with Crippen molar-refractivity contribution < 1.29 is 13.2 Å². The molecule has 0 aromatic heterocycles. The lowest BCUT2D eigenvalue weighted by Gasteiger charge is -2.18. The van der Waals surface area contributed by atoms with Crippen LogP contribution in [-0.2, 0) is 10.0 Å². The molecule has 0 unspecified atom stereocenters. The molecule has 1 aromatic carbocycles. The van der Waals surface area contributed by atoms with Crippen LogP contribution in [0.2, 0.25) is 10.0 Å². The van der Waals surface area contributed by atoms with Gasteiger partial charge in [0, 0.05) is 11.0 Å². The van der Waals surface area contributed by atoms with Crippen LogP contribution in [0.25, 0.3) is 0 Å². The smallest absolute Gasteiger partial charge is 0.239 e. The van der Waals surface area contributed by atoms with Crippen LogP contribution in [-0.4, -0.2) is 14.2 Å². The van der Waals surface area contributed by atoms with E-state index in [1.165, 1.54) is 6.07 Å². The summed E-state index contributed by atoms with van der Waals surface area (Å²) < 4.78 is 22.7. The fourth-order valence-electron chi connectivity index (χ4n) is 1.33. The number of halogens is 2. The van der Waals surface area contributed by atoms with Crippen molar-refractivity contribution in [2.75, 3.05) is 0 Å². The molecule has 4 nitrogen and oxygen atoms in total. The number of Topliss-reactive ketones (excluding diaryl/α,β-unsaturated/α-hetero) is 1. The number of ketones is 1. The predicted octanol–water partition coefficient (Wildman–Crippen LogP) is 2.87. The summed E-state index contributed by atoms with van der Waals surface area (Å²) in [7, 11) is -3.99. The fraction of sp³-hybridized carbons (Fsp3) is 0.364. The zero-order valence-electron chi connectivity index (χ0n) is 10.1. The number of hydrogen-bond acceptors (Lipinski definition) is 3. The first-order valence-electron chi connectivity index (χ1n) is 5.01. The Morgan fingerprint density at radius 3 is 2.06 bits per heavy atom. The molecule has 0 saturated carbocycles. The fourth-order valence-corrected chi connectivity index (χ4v) is 2.73. The van der Waals surface area contributed by atoms with E-state index in [0.717, 1.165) is 6.07 Å². The highest BCUT2D eigenvalue weighted by atomic mass is 35.5. The summed E-state index contributed by atoms with van der Waals surface area (Å²) in [4.78, 5) is 11.8. The minimum absolute atomic E-state index is 0.0950. The third kappa shape index (κ3) is 3.23. The Labute approximate surface area is 116 Å². The summed E-state index contributed by atoms with van der Waals surface area (Å²) in [6, 6.07) is 2.33. The molecule has 0 heterocycles. The van der Waals surface area contributed by atoms with E-state index in [4.69, 9.17) is 28.3 Å². The van der Waals surface area contributed by atoms with Crippen LogP contribution in [0.4, 0.5) is 0 Å². The van der Waals surface area contributed by atoms with E-state index in [2.05, 4.69) is 0 Å². The van der Waals surface area contributed by atoms with Gasteiger partial charge in [0.05, 0.1) is 10.0 Å². The predicted molar refractivity (Wildman–Crippen MR) is 71.6 cm³/mol. The molecule has 0 saturated heterocycles. The second-order valence-electron chi connectivity index (χ2n) is 4.89. The summed E-state index contributed by atoms with van der Waals surface area (Å²) in [6.07, 6.45) is 0. The van der Waals surface area contributed by atoms with Crippen molar-refractivity contribution in [2.45, 2.75) is 25.7 Å². The molecule has 0 spiro atoms. The van der Waals surface area contributed by atoms with Gasteiger partial charge in [-0.15, -0.1) is 0 Å².